The molecule has 4 aromatic rings. The van der Waals surface area contributed by atoms with Gasteiger partial charge >= 0.3 is 12.1 Å². The summed E-state index contributed by atoms with van der Waals surface area (Å²) in [5.41, 5.74) is 4.65. The van der Waals surface area contributed by atoms with Crippen LogP contribution in [0.4, 0.5) is 19.4 Å². The molecule has 0 unspecified atom stereocenters. The fourth-order valence-electron chi connectivity index (χ4n) is 8.55. The van der Waals surface area contributed by atoms with Crippen molar-refractivity contribution in [1.82, 2.24) is 19.9 Å². The van der Waals surface area contributed by atoms with Gasteiger partial charge in [-0.1, -0.05) is 53.5 Å². The van der Waals surface area contributed by atoms with Crippen molar-refractivity contribution in [1.29, 1.82) is 0 Å². The number of methoxy groups -OCH3 is 1. The molecule has 1 amide bonds. The van der Waals surface area contributed by atoms with Gasteiger partial charge in [0, 0.05) is 37.3 Å². The van der Waals surface area contributed by atoms with Crippen LogP contribution in [-0.4, -0.2) is 91.1 Å². The summed E-state index contributed by atoms with van der Waals surface area (Å²) in [6, 6.07) is 5.52. The van der Waals surface area contributed by atoms with E-state index in [0.29, 0.717) is 71.2 Å². The summed E-state index contributed by atoms with van der Waals surface area (Å²) in [5.74, 6) is 2.57. The van der Waals surface area contributed by atoms with Crippen molar-refractivity contribution >= 4 is 47.9 Å². The van der Waals surface area contributed by atoms with Gasteiger partial charge < -0.3 is 24.2 Å². The molecule has 2 aliphatic heterocycles. The molecule has 11 nitrogen and oxygen atoms in total. The van der Waals surface area contributed by atoms with Crippen molar-refractivity contribution in [3.63, 3.8) is 0 Å². The molecule has 2 aliphatic rings. The van der Waals surface area contributed by atoms with E-state index in [1.807, 2.05) is 4.90 Å². The van der Waals surface area contributed by atoms with Crippen LogP contribution in [0.25, 0.3) is 32.9 Å². The molecule has 0 radical (unpaired) electrons. The normalized spacial score (nSPS) is 17.2. The number of benzene rings is 2. The number of pyridine rings is 1. The Hall–Kier alpha value is -4.87. The molecule has 53 heavy (non-hydrogen) atoms. The number of piperazine rings is 1. The molecule has 0 spiro atoms. The average Bonchev–Trinajstić information content (AvgIpc) is 3.39. The summed E-state index contributed by atoms with van der Waals surface area (Å²) in [6.07, 6.45) is 2.40. The predicted octanol–water partition coefficient (Wildman–Crippen LogP) is 7.58. The van der Waals surface area contributed by atoms with E-state index >= 15 is 8.78 Å². The van der Waals surface area contributed by atoms with E-state index in [-0.39, 0.29) is 59.2 Å². The first-order chi connectivity index (χ1) is 25.3. The van der Waals surface area contributed by atoms with E-state index in [0.717, 1.165) is 0 Å². The summed E-state index contributed by atoms with van der Waals surface area (Å²) >= 11 is 0. The molecule has 280 valence electrons. The first-order valence-electron chi connectivity index (χ1n) is 17.9. The maximum absolute atomic E-state index is 17.2. The monoisotopic (exact) mass is 745 g/mol. The Morgan fingerprint density at radius 3 is 2.32 bits per heavy atom. The third-order valence-corrected chi connectivity index (χ3v) is 17.1. The van der Waals surface area contributed by atoms with Gasteiger partial charge in [-0.15, -0.1) is 5.54 Å². The molecule has 2 fully saturated rings. The molecule has 2 aromatic heterocycles. The highest BCUT2D eigenvalue weighted by atomic mass is 28.3. The maximum atomic E-state index is 17.2. The van der Waals surface area contributed by atoms with Crippen LogP contribution in [0.3, 0.4) is 0 Å². The van der Waals surface area contributed by atoms with Crippen molar-refractivity contribution in [3.05, 3.63) is 47.7 Å². The number of fused-ring (bicyclic) bond motifs is 4. The van der Waals surface area contributed by atoms with Gasteiger partial charge in [0.2, 0.25) is 0 Å². The van der Waals surface area contributed by atoms with Gasteiger partial charge in [0.05, 0.1) is 23.0 Å². The number of ether oxygens (including phenoxy) is 3. The lowest BCUT2D eigenvalue weighted by atomic mass is 9.95. The molecule has 2 aromatic carbocycles. The second kappa shape index (κ2) is 15.2. The van der Waals surface area contributed by atoms with E-state index in [1.54, 1.807) is 18.2 Å². The van der Waals surface area contributed by atoms with E-state index in [4.69, 9.17) is 14.2 Å². The Labute approximate surface area is 308 Å². The smallest absolute Gasteiger partial charge is 0.407 e. The molecule has 6 rings (SSSR count). The minimum atomic E-state index is -2.30. The number of carbonyl (C=O) groups is 2. The van der Waals surface area contributed by atoms with Gasteiger partial charge in [0.15, 0.2) is 18.9 Å². The molecule has 2 saturated heterocycles. The number of halogens is 2. The standard InChI is InChI=1S/C39H45F2N5O6Si/c1-22(2)53(23(3)4,24(5)6)15-12-29-32(40)11-8-25-16-28(52-21-50-7)17-30(33(25)29)35-34(41)36-31(18-42-35)37(44-38(43-36)51-14-13-47)45-19-26-9-10-27(20-45)46(26)39(48)49/h8,11,13,16-18,22-24,26-27H,9-10,14,19-21H2,1-7H3,(H,48,49)/t26-,27+. The molecule has 2 atom stereocenters. The molecule has 14 heteroatoms. The van der Waals surface area contributed by atoms with Crippen molar-refractivity contribution < 1.29 is 37.7 Å². The van der Waals surface area contributed by atoms with Crippen molar-refractivity contribution in [2.75, 3.05) is 38.5 Å². The van der Waals surface area contributed by atoms with Crippen LogP contribution in [0.1, 0.15) is 59.9 Å². The number of nitrogens with zero attached hydrogens (tertiary/aromatic N) is 5. The predicted molar refractivity (Wildman–Crippen MR) is 201 cm³/mol. The lowest BCUT2D eigenvalue weighted by molar-refractivity contribution is -0.109. The van der Waals surface area contributed by atoms with Crippen LogP contribution in [0.15, 0.2) is 30.5 Å². The third-order valence-electron chi connectivity index (χ3n) is 10.8. The zero-order valence-electron chi connectivity index (χ0n) is 31.1. The Balaban J connectivity index is 1.59. The molecule has 2 bridgehead atoms. The number of hydrogen-bond donors (Lipinski definition) is 1. The molecule has 1 N–H and O–H groups in total. The highest BCUT2D eigenvalue weighted by molar-refractivity contribution is 6.90. The SMILES string of the molecule is COCOc1cc(-c2ncc3c(N4C[C@H]5CC[C@@H](C4)N5C(=O)O)nc(OCC=O)nc3c2F)c2c(C#C[Si](C(C)C)(C(C)C)C(C)C)c(F)ccc2c1. The summed E-state index contributed by atoms with van der Waals surface area (Å²) < 4.78 is 49.7. The number of amides is 1. The summed E-state index contributed by atoms with van der Waals surface area (Å²) in [4.78, 5) is 40.2. The Kier molecular flexibility index (Phi) is 10.9. The molecule has 4 heterocycles. The van der Waals surface area contributed by atoms with Gasteiger partial charge in [-0.05, 0) is 53.1 Å². The van der Waals surface area contributed by atoms with Crippen molar-refractivity contribution in [2.45, 2.75) is 83.1 Å². The lowest BCUT2D eigenvalue weighted by Gasteiger charge is -2.40. The van der Waals surface area contributed by atoms with Crippen LogP contribution in [0, 0.1) is 23.1 Å². The molecule has 0 aliphatic carbocycles. The van der Waals surface area contributed by atoms with E-state index in [2.05, 4.69) is 68.0 Å². The number of rotatable bonds is 11. The van der Waals surface area contributed by atoms with E-state index in [1.165, 1.54) is 24.3 Å². The Bertz CT molecular complexity index is 2080. The number of hydrogen-bond acceptors (Lipinski definition) is 9. The second-order valence-corrected chi connectivity index (χ2v) is 20.2. The zero-order valence-corrected chi connectivity index (χ0v) is 32.1. The Morgan fingerprint density at radius 2 is 1.72 bits per heavy atom. The highest BCUT2D eigenvalue weighted by Gasteiger charge is 2.44. The number of carbonyl (C=O) groups excluding carboxylic acids is 1. The van der Waals surface area contributed by atoms with Crippen molar-refractivity contribution in [3.8, 4) is 34.5 Å². The van der Waals surface area contributed by atoms with Gasteiger partial charge in [0.25, 0.3) is 0 Å². The third kappa shape index (κ3) is 6.88. The van der Waals surface area contributed by atoms with Gasteiger partial charge in [-0.25, -0.2) is 13.6 Å². The summed E-state index contributed by atoms with van der Waals surface area (Å²) in [7, 11) is -0.820. The fourth-order valence-corrected chi connectivity index (χ4v) is 13.8. The highest BCUT2D eigenvalue weighted by Crippen LogP contribution is 2.43. The second-order valence-electron chi connectivity index (χ2n) is 14.7. The molecular formula is C39H45F2N5O6Si. The van der Waals surface area contributed by atoms with Crippen LogP contribution in [0.5, 0.6) is 11.8 Å². The number of aromatic nitrogens is 3. The van der Waals surface area contributed by atoms with Crippen LogP contribution >= 0.6 is 0 Å². The van der Waals surface area contributed by atoms with Crippen molar-refractivity contribution in [2.24, 2.45) is 0 Å². The zero-order chi connectivity index (χ0) is 38.2. The first kappa shape index (κ1) is 37.9. The maximum Gasteiger partial charge on any atom is 0.407 e. The van der Waals surface area contributed by atoms with E-state index < -0.39 is 25.8 Å². The van der Waals surface area contributed by atoms with E-state index in [9.17, 15) is 14.7 Å². The number of anilines is 1. The van der Waals surface area contributed by atoms with Gasteiger partial charge in [-0.2, -0.15) is 9.97 Å². The topological polar surface area (TPSA) is 127 Å². The summed E-state index contributed by atoms with van der Waals surface area (Å²) in [6.45, 7) is 13.3. The minimum Gasteiger partial charge on any atom is -0.468 e. The summed E-state index contributed by atoms with van der Waals surface area (Å²) in [5, 5.41) is 11.0. The quantitative estimate of drug-likeness (QED) is 0.0711. The van der Waals surface area contributed by atoms with Crippen LogP contribution in [0.2, 0.25) is 16.6 Å². The first-order valence-corrected chi connectivity index (χ1v) is 20.2. The van der Waals surface area contributed by atoms with Gasteiger partial charge in [0.1, 0.15) is 43.3 Å². The largest absolute Gasteiger partial charge is 0.468 e. The fraction of sp³-hybridized carbons (Fsp3) is 0.462. The van der Waals surface area contributed by atoms with Crippen LogP contribution < -0.4 is 14.4 Å². The Morgan fingerprint density at radius 1 is 1.04 bits per heavy atom. The average molecular weight is 746 g/mol. The lowest BCUT2D eigenvalue weighted by Crippen LogP contribution is -2.55. The molecule has 0 saturated carbocycles. The molecular weight excluding hydrogens is 701 g/mol. The van der Waals surface area contributed by atoms with Crippen LogP contribution in [-0.2, 0) is 9.53 Å². The minimum absolute atomic E-state index is 0.0805. The van der Waals surface area contributed by atoms with Gasteiger partial charge in [-0.3, -0.25) is 14.7 Å². The number of carboxylic acid groups (broad SMARTS) is 1. The number of aldehydes is 1.